The molecule has 0 amide bonds. The molecule has 1 aliphatic heterocycles. The van der Waals surface area contributed by atoms with Crippen LogP contribution in [0.15, 0.2) is 29.3 Å². The maximum atomic E-state index is 5.90. The monoisotopic (exact) mass is 430 g/mol. The number of nitrogens with one attached hydrogen (secondary N) is 2. The van der Waals surface area contributed by atoms with Crippen LogP contribution in [0.4, 0.5) is 0 Å². The quantitative estimate of drug-likeness (QED) is 0.439. The van der Waals surface area contributed by atoms with Gasteiger partial charge in [-0.1, -0.05) is 30.7 Å². The fourth-order valence-electron chi connectivity index (χ4n) is 4.81. The van der Waals surface area contributed by atoms with E-state index in [1.807, 2.05) is 0 Å². The summed E-state index contributed by atoms with van der Waals surface area (Å²) in [5.41, 5.74) is 3.02. The van der Waals surface area contributed by atoms with Crippen molar-refractivity contribution in [3.8, 4) is 0 Å². The van der Waals surface area contributed by atoms with Crippen molar-refractivity contribution >= 4 is 5.96 Å². The first kappa shape index (κ1) is 24.0. The number of methoxy groups -OCH3 is 1. The highest BCUT2D eigenvalue weighted by Crippen LogP contribution is 2.43. The van der Waals surface area contributed by atoms with Crippen LogP contribution in [0.2, 0.25) is 0 Å². The predicted molar refractivity (Wildman–Crippen MR) is 127 cm³/mol. The summed E-state index contributed by atoms with van der Waals surface area (Å²) in [6.07, 6.45) is 5.58. The molecule has 1 saturated carbocycles. The Labute approximate surface area is 188 Å². The summed E-state index contributed by atoms with van der Waals surface area (Å²) in [4.78, 5) is 7.43. The Morgan fingerprint density at radius 3 is 2.48 bits per heavy atom. The van der Waals surface area contributed by atoms with Crippen molar-refractivity contribution in [2.45, 2.75) is 71.8 Å². The minimum atomic E-state index is 0.287. The van der Waals surface area contributed by atoms with Gasteiger partial charge < -0.3 is 20.1 Å². The van der Waals surface area contributed by atoms with Crippen molar-refractivity contribution in [3.05, 3.63) is 35.4 Å². The van der Waals surface area contributed by atoms with Crippen LogP contribution in [0.25, 0.3) is 0 Å². The van der Waals surface area contributed by atoms with E-state index in [0.29, 0.717) is 12.0 Å². The van der Waals surface area contributed by atoms with Gasteiger partial charge in [0.1, 0.15) is 0 Å². The predicted octanol–water partition coefficient (Wildman–Crippen LogP) is 3.56. The lowest BCUT2D eigenvalue weighted by Crippen LogP contribution is -2.47. The van der Waals surface area contributed by atoms with Crippen molar-refractivity contribution < 1.29 is 9.47 Å². The molecule has 31 heavy (non-hydrogen) atoms. The van der Waals surface area contributed by atoms with Crippen LogP contribution in [0.3, 0.4) is 0 Å². The first-order chi connectivity index (χ1) is 15.0. The lowest BCUT2D eigenvalue weighted by atomic mass is 9.67. The molecule has 1 saturated heterocycles. The zero-order valence-corrected chi connectivity index (χ0v) is 20.0. The zero-order valence-electron chi connectivity index (χ0n) is 20.0. The molecular formula is C25H42N4O2. The van der Waals surface area contributed by atoms with E-state index in [4.69, 9.17) is 14.5 Å². The first-order valence-electron chi connectivity index (χ1n) is 12.0. The van der Waals surface area contributed by atoms with E-state index < -0.39 is 0 Å². The average molecular weight is 431 g/mol. The molecule has 6 heteroatoms. The number of aliphatic imine (C=N–C) groups is 1. The van der Waals surface area contributed by atoms with E-state index in [2.05, 4.69) is 60.6 Å². The Morgan fingerprint density at radius 1 is 1.16 bits per heavy atom. The van der Waals surface area contributed by atoms with E-state index in [9.17, 15) is 0 Å². The molecule has 1 aromatic rings. The Bertz CT molecular complexity index is 695. The number of hydrogen-bond acceptors (Lipinski definition) is 4. The van der Waals surface area contributed by atoms with Crippen LogP contribution in [0.1, 0.15) is 57.6 Å². The highest BCUT2D eigenvalue weighted by Gasteiger charge is 2.36. The van der Waals surface area contributed by atoms with Gasteiger partial charge in [0, 0.05) is 46.4 Å². The Balaban J connectivity index is 1.61. The first-order valence-corrected chi connectivity index (χ1v) is 12.0. The summed E-state index contributed by atoms with van der Waals surface area (Å²) in [7, 11) is 1.79. The summed E-state index contributed by atoms with van der Waals surface area (Å²) in [5, 5.41) is 7.03. The van der Waals surface area contributed by atoms with Crippen LogP contribution < -0.4 is 10.6 Å². The number of ether oxygens (including phenoxy) is 2. The molecule has 0 spiro atoms. The van der Waals surface area contributed by atoms with Gasteiger partial charge in [-0.3, -0.25) is 4.90 Å². The second kappa shape index (κ2) is 11.8. The van der Waals surface area contributed by atoms with Crippen molar-refractivity contribution in [1.82, 2.24) is 15.5 Å². The fourth-order valence-corrected chi connectivity index (χ4v) is 4.81. The third-order valence-electron chi connectivity index (χ3n) is 6.64. The number of benzene rings is 1. The molecule has 2 unspecified atom stereocenters. The van der Waals surface area contributed by atoms with E-state index >= 15 is 0 Å². The molecule has 2 aliphatic rings. The normalized spacial score (nSPS) is 23.9. The molecule has 174 valence electrons. The molecule has 1 aliphatic carbocycles. The summed E-state index contributed by atoms with van der Waals surface area (Å²) in [6.45, 7) is 12.7. The minimum Gasteiger partial charge on any atom is -0.385 e. The minimum absolute atomic E-state index is 0.287. The second-order valence-corrected chi connectivity index (χ2v) is 9.37. The molecule has 2 fully saturated rings. The lowest BCUT2D eigenvalue weighted by molar-refractivity contribution is -0.0705. The Hall–Kier alpha value is -1.63. The van der Waals surface area contributed by atoms with Crippen LogP contribution >= 0.6 is 0 Å². The fraction of sp³-hybridized carbons (Fsp3) is 0.720. The van der Waals surface area contributed by atoms with Crippen molar-refractivity contribution in [1.29, 1.82) is 0 Å². The van der Waals surface area contributed by atoms with E-state index in [1.165, 1.54) is 30.4 Å². The smallest absolute Gasteiger partial charge is 0.191 e. The molecule has 1 aromatic carbocycles. The molecule has 6 nitrogen and oxygen atoms in total. The molecular weight excluding hydrogens is 388 g/mol. The molecule has 0 aromatic heterocycles. The lowest BCUT2D eigenvalue weighted by Gasteiger charge is -2.42. The Kier molecular flexibility index (Phi) is 9.17. The highest BCUT2D eigenvalue weighted by molar-refractivity contribution is 5.79. The maximum Gasteiger partial charge on any atom is 0.191 e. The Morgan fingerprint density at radius 2 is 1.87 bits per heavy atom. The molecule has 2 N–H and O–H groups in total. The van der Waals surface area contributed by atoms with Gasteiger partial charge in [-0.05, 0) is 56.6 Å². The molecule has 2 atom stereocenters. The average Bonchev–Trinajstić information content (AvgIpc) is 2.71. The van der Waals surface area contributed by atoms with E-state index in [0.717, 1.165) is 51.7 Å². The number of nitrogens with zero attached hydrogens (tertiary/aromatic N) is 2. The van der Waals surface area contributed by atoms with E-state index in [-0.39, 0.29) is 12.2 Å². The largest absolute Gasteiger partial charge is 0.385 e. The van der Waals surface area contributed by atoms with Crippen molar-refractivity contribution in [2.75, 3.05) is 39.9 Å². The van der Waals surface area contributed by atoms with Gasteiger partial charge in [0.25, 0.3) is 0 Å². The van der Waals surface area contributed by atoms with Gasteiger partial charge in [-0.15, -0.1) is 0 Å². The second-order valence-electron chi connectivity index (χ2n) is 9.37. The standard InChI is InChI=1S/C25H42N4O2/c1-5-26-24(28-19-25(11-8-12-25)13-14-30-4)27-15-22-9-6-7-10-23(22)18-29-16-20(2)31-21(3)17-29/h6-7,9-10,20-21H,5,8,11-19H2,1-4H3,(H2,26,27,28). The third kappa shape index (κ3) is 7.19. The van der Waals surface area contributed by atoms with Crippen LogP contribution in [-0.2, 0) is 22.6 Å². The molecule has 1 heterocycles. The van der Waals surface area contributed by atoms with Gasteiger partial charge >= 0.3 is 0 Å². The summed E-state index contributed by atoms with van der Waals surface area (Å²) >= 11 is 0. The topological polar surface area (TPSA) is 58.1 Å². The number of guanidine groups is 1. The van der Waals surface area contributed by atoms with Crippen LogP contribution in [0.5, 0.6) is 0 Å². The van der Waals surface area contributed by atoms with Crippen LogP contribution in [-0.4, -0.2) is 63.0 Å². The summed E-state index contributed by atoms with van der Waals surface area (Å²) < 4.78 is 11.2. The van der Waals surface area contributed by atoms with Crippen molar-refractivity contribution in [2.24, 2.45) is 10.4 Å². The van der Waals surface area contributed by atoms with Gasteiger partial charge in [0.15, 0.2) is 5.96 Å². The number of rotatable bonds is 10. The van der Waals surface area contributed by atoms with Gasteiger partial charge in [-0.25, -0.2) is 4.99 Å². The molecule has 3 rings (SSSR count). The molecule has 0 bridgehead atoms. The summed E-state index contributed by atoms with van der Waals surface area (Å²) in [5.74, 6) is 0.912. The highest BCUT2D eigenvalue weighted by atomic mass is 16.5. The SMILES string of the molecule is CCNC(=NCc1ccccc1CN1CC(C)OC(C)C1)NCC1(CCOC)CCC1. The zero-order chi connectivity index (χ0) is 22.1. The molecule has 0 radical (unpaired) electrons. The van der Waals surface area contributed by atoms with Gasteiger partial charge in [-0.2, -0.15) is 0 Å². The van der Waals surface area contributed by atoms with Crippen LogP contribution in [0, 0.1) is 5.41 Å². The summed E-state index contributed by atoms with van der Waals surface area (Å²) in [6, 6.07) is 8.70. The van der Waals surface area contributed by atoms with E-state index in [1.54, 1.807) is 7.11 Å². The number of hydrogen-bond donors (Lipinski definition) is 2. The third-order valence-corrected chi connectivity index (χ3v) is 6.64. The number of morpholine rings is 1. The van der Waals surface area contributed by atoms with Gasteiger partial charge in [0.05, 0.1) is 18.8 Å². The van der Waals surface area contributed by atoms with Crippen molar-refractivity contribution in [3.63, 3.8) is 0 Å². The van der Waals surface area contributed by atoms with Gasteiger partial charge in [0.2, 0.25) is 0 Å². The maximum absolute atomic E-state index is 5.90.